The van der Waals surface area contributed by atoms with Crippen LogP contribution in [0.1, 0.15) is 39.5 Å². The molecule has 3 saturated heterocycles. The second kappa shape index (κ2) is 10.9. The van der Waals surface area contributed by atoms with E-state index < -0.39 is 0 Å². The maximum absolute atomic E-state index is 12.6. The van der Waals surface area contributed by atoms with Crippen LogP contribution in [0, 0.1) is 11.8 Å². The average molecular weight is 396 g/mol. The van der Waals surface area contributed by atoms with E-state index in [-0.39, 0.29) is 30.7 Å². The molecule has 0 aromatic rings. The van der Waals surface area contributed by atoms with Crippen LogP contribution in [0.2, 0.25) is 0 Å². The molecule has 148 valence electrons. The third kappa shape index (κ3) is 6.55. The van der Waals surface area contributed by atoms with Gasteiger partial charge in [-0.05, 0) is 52.0 Å². The SMILES string of the molecule is CC1CN(CC2CCN(C(=O)C3CCCNC3)CC2)CC(C)O1.Cl.Cl. The van der Waals surface area contributed by atoms with Crippen molar-refractivity contribution in [1.29, 1.82) is 0 Å². The molecule has 7 heteroatoms. The fraction of sp³-hybridized carbons (Fsp3) is 0.944. The predicted octanol–water partition coefficient (Wildman–Crippen LogP) is 2.18. The summed E-state index contributed by atoms with van der Waals surface area (Å²) in [6.45, 7) is 11.5. The minimum atomic E-state index is 0. The van der Waals surface area contributed by atoms with Crippen molar-refractivity contribution in [2.45, 2.75) is 51.7 Å². The molecule has 25 heavy (non-hydrogen) atoms. The van der Waals surface area contributed by atoms with Crippen molar-refractivity contribution in [3.63, 3.8) is 0 Å². The molecule has 0 saturated carbocycles. The summed E-state index contributed by atoms with van der Waals surface area (Å²) in [6, 6.07) is 0. The second-order valence-electron chi connectivity index (χ2n) is 7.79. The van der Waals surface area contributed by atoms with E-state index in [4.69, 9.17) is 4.74 Å². The Hall–Kier alpha value is -0.0700. The lowest BCUT2D eigenvalue weighted by Gasteiger charge is -2.40. The van der Waals surface area contributed by atoms with Gasteiger partial charge in [0, 0.05) is 39.3 Å². The van der Waals surface area contributed by atoms with Gasteiger partial charge in [-0.1, -0.05) is 0 Å². The van der Waals surface area contributed by atoms with Crippen LogP contribution in [0.4, 0.5) is 0 Å². The third-order valence-electron chi connectivity index (χ3n) is 5.58. The zero-order chi connectivity index (χ0) is 16.2. The number of carbonyl (C=O) groups is 1. The molecule has 0 aromatic carbocycles. The Morgan fingerprint density at radius 1 is 1.08 bits per heavy atom. The Bertz CT molecular complexity index is 390. The van der Waals surface area contributed by atoms with Gasteiger partial charge in [0.1, 0.15) is 0 Å². The smallest absolute Gasteiger partial charge is 0.226 e. The van der Waals surface area contributed by atoms with E-state index >= 15 is 0 Å². The van der Waals surface area contributed by atoms with Gasteiger partial charge in [-0.25, -0.2) is 0 Å². The number of carbonyl (C=O) groups excluding carboxylic acids is 1. The number of rotatable bonds is 3. The molecule has 3 aliphatic rings. The van der Waals surface area contributed by atoms with Gasteiger partial charge in [-0.2, -0.15) is 0 Å². The lowest BCUT2D eigenvalue weighted by Crippen LogP contribution is -2.50. The highest BCUT2D eigenvalue weighted by atomic mass is 35.5. The molecule has 0 bridgehead atoms. The van der Waals surface area contributed by atoms with E-state index in [0.29, 0.717) is 18.1 Å². The maximum atomic E-state index is 12.6. The van der Waals surface area contributed by atoms with Crippen LogP contribution < -0.4 is 5.32 Å². The van der Waals surface area contributed by atoms with Gasteiger partial charge in [-0.3, -0.25) is 9.69 Å². The summed E-state index contributed by atoms with van der Waals surface area (Å²) in [6.07, 6.45) is 5.21. The summed E-state index contributed by atoms with van der Waals surface area (Å²) in [4.78, 5) is 17.3. The number of likely N-dealkylation sites (tertiary alicyclic amines) is 1. The molecule has 1 N–H and O–H groups in total. The van der Waals surface area contributed by atoms with Gasteiger partial charge in [0.15, 0.2) is 0 Å². The highest BCUT2D eigenvalue weighted by Crippen LogP contribution is 2.23. The Kier molecular flexibility index (Phi) is 10.0. The first-order chi connectivity index (χ1) is 11.1. The van der Waals surface area contributed by atoms with Gasteiger partial charge < -0.3 is 15.0 Å². The number of halogens is 2. The van der Waals surface area contributed by atoms with Gasteiger partial charge in [0.25, 0.3) is 0 Å². The number of piperidine rings is 2. The Balaban J connectivity index is 0.00000156. The average Bonchev–Trinajstić information content (AvgIpc) is 2.55. The molecule has 5 nitrogen and oxygen atoms in total. The fourth-order valence-electron chi connectivity index (χ4n) is 4.46. The number of hydrogen-bond acceptors (Lipinski definition) is 4. The normalized spacial score (nSPS) is 31.8. The molecular formula is C18H35Cl2N3O2. The van der Waals surface area contributed by atoms with E-state index in [0.717, 1.165) is 70.9 Å². The quantitative estimate of drug-likeness (QED) is 0.794. The molecule has 0 spiro atoms. The number of morpholine rings is 1. The van der Waals surface area contributed by atoms with Crippen molar-refractivity contribution < 1.29 is 9.53 Å². The number of ether oxygens (including phenoxy) is 1. The number of nitrogens with zero attached hydrogens (tertiary/aromatic N) is 2. The second-order valence-corrected chi connectivity index (χ2v) is 7.79. The van der Waals surface area contributed by atoms with E-state index in [1.54, 1.807) is 0 Å². The Morgan fingerprint density at radius 3 is 2.28 bits per heavy atom. The number of hydrogen-bond donors (Lipinski definition) is 1. The standard InChI is InChI=1S/C18H33N3O2.2ClH/c1-14-11-20(12-15(2)23-14)13-16-5-8-21(9-6-16)18(22)17-4-3-7-19-10-17;;/h14-17,19H,3-13H2,1-2H3;2*1H. The van der Waals surface area contributed by atoms with E-state index in [1.165, 1.54) is 6.54 Å². The van der Waals surface area contributed by atoms with E-state index in [2.05, 4.69) is 29.0 Å². The van der Waals surface area contributed by atoms with E-state index in [9.17, 15) is 4.79 Å². The molecule has 0 aliphatic carbocycles. The first kappa shape index (κ1) is 23.0. The van der Waals surface area contributed by atoms with Gasteiger partial charge in [0.2, 0.25) is 5.91 Å². The largest absolute Gasteiger partial charge is 0.373 e. The summed E-state index contributed by atoms with van der Waals surface area (Å²) in [5.41, 5.74) is 0. The first-order valence-electron chi connectivity index (χ1n) is 9.49. The zero-order valence-corrected chi connectivity index (χ0v) is 17.2. The van der Waals surface area contributed by atoms with Crippen LogP contribution in [0.3, 0.4) is 0 Å². The van der Waals surface area contributed by atoms with Gasteiger partial charge in [0.05, 0.1) is 18.1 Å². The van der Waals surface area contributed by atoms with Crippen LogP contribution in [0.15, 0.2) is 0 Å². The first-order valence-corrected chi connectivity index (χ1v) is 9.49. The third-order valence-corrected chi connectivity index (χ3v) is 5.58. The minimum Gasteiger partial charge on any atom is -0.373 e. The summed E-state index contributed by atoms with van der Waals surface area (Å²) < 4.78 is 5.82. The minimum absolute atomic E-state index is 0. The summed E-state index contributed by atoms with van der Waals surface area (Å²) in [5, 5.41) is 3.36. The molecule has 3 heterocycles. The van der Waals surface area contributed by atoms with Crippen molar-refractivity contribution in [3.05, 3.63) is 0 Å². The fourth-order valence-corrected chi connectivity index (χ4v) is 4.46. The summed E-state index contributed by atoms with van der Waals surface area (Å²) in [5.74, 6) is 1.35. The lowest BCUT2D eigenvalue weighted by molar-refractivity contribution is -0.137. The molecule has 0 aromatic heterocycles. The number of nitrogens with one attached hydrogen (secondary N) is 1. The Labute approximate surface area is 165 Å². The van der Waals surface area contributed by atoms with Crippen molar-refractivity contribution in [3.8, 4) is 0 Å². The maximum Gasteiger partial charge on any atom is 0.226 e. The van der Waals surface area contributed by atoms with Crippen LogP contribution in [-0.4, -0.2) is 73.7 Å². The highest BCUT2D eigenvalue weighted by molar-refractivity contribution is 5.85. The molecule has 3 fully saturated rings. The Morgan fingerprint density at radius 2 is 1.72 bits per heavy atom. The molecule has 0 radical (unpaired) electrons. The topological polar surface area (TPSA) is 44.8 Å². The lowest BCUT2D eigenvalue weighted by atomic mass is 9.93. The summed E-state index contributed by atoms with van der Waals surface area (Å²) >= 11 is 0. The van der Waals surface area contributed by atoms with Crippen LogP contribution in [0.5, 0.6) is 0 Å². The summed E-state index contributed by atoms with van der Waals surface area (Å²) in [7, 11) is 0. The van der Waals surface area contributed by atoms with E-state index in [1.807, 2.05) is 0 Å². The zero-order valence-electron chi connectivity index (χ0n) is 15.6. The van der Waals surface area contributed by atoms with Gasteiger partial charge in [-0.15, -0.1) is 24.8 Å². The molecule has 3 aliphatic heterocycles. The predicted molar refractivity (Wildman–Crippen MR) is 106 cm³/mol. The molecule has 3 unspecified atom stereocenters. The van der Waals surface area contributed by atoms with Gasteiger partial charge >= 0.3 is 0 Å². The molecule has 3 atom stereocenters. The van der Waals surface area contributed by atoms with Crippen LogP contribution >= 0.6 is 24.8 Å². The van der Waals surface area contributed by atoms with Crippen molar-refractivity contribution >= 4 is 30.7 Å². The highest BCUT2D eigenvalue weighted by Gasteiger charge is 2.30. The molecule has 1 amide bonds. The van der Waals surface area contributed by atoms with Crippen molar-refractivity contribution in [2.75, 3.05) is 45.8 Å². The van der Waals surface area contributed by atoms with Crippen molar-refractivity contribution in [1.82, 2.24) is 15.1 Å². The van der Waals surface area contributed by atoms with Crippen LogP contribution in [-0.2, 0) is 9.53 Å². The van der Waals surface area contributed by atoms with Crippen LogP contribution in [0.25, 0.3) is 0 Å². The molecule has 3 rings (SSSR count). The monoisotopic (exact) mass is 395 g/mol. The molecular weight excluding hydrogens is 361 g/mol. The number of amides is 1. The van der Waals surface area contributed by atoms with Crippen molar-refractivity contribution in [2.24, 2.45) is 11.8 Å².